The normalized spacial score (nSPS) is 12.2. The Morgan fingerprint density at radius 1 is 1.08 bits per heavy atom. The van der Waals surface area contributed by atoms with Gasteiger partial charge in [-0.15, -0.1) is 11.8 Å². The Kier molecular flexibility index (Phi) is 10.5. The highest BCUT2D eigenvalue weighted by atomic mass is 32.2. The first-order valence-corrected chi connectivity index (χ1v) is 14.3. The molecule has 1 unspecified atom stereocenters. The Morgan fingerprint density at radius 2 is 1.84 bits per heavy atom. The molecule has 4 N–H and O–H groups in total. The molecule has 2 aromatic heterocycles. The van der Waals surface area contributed by atoms with Crippen molar-refractivity contribution in [1.82, 2.24) is 9.97 Å². The highest BCUT2D eigenvalue weighted by molar-refractivity contribution is 8.00. The van der Waals surface area contributed by atoms with Crippen LogP contribution >= 0.6 is 23.1 Å². The van der Waals surface area contributed by atoms with Crippen molar-refractivity contribution in [3.8, 4) is 0 Å². The molecule has 1 aromatic carbocycles. The molecule has 11 heteroatoms. The van der Waals surface area contributed by atoms with Gasteiger partial charge in [-0.05, 0) is 24.5 Å². The average Bonchev–Trinajstić information content (AvgIpc) is 3.49. The number of nitrogens with two attached hydrogens (primary N) is 1. The maximum Gasteiger partial charge on any atom is 0.226 e. The number of thiazole rings is 1. The van der Waals surface area contributed by atoms with Crippen molar-refractivity contribution in [3.05, 3.63) is 53.9 Å². The summed E-state index contributed by atoms with van der Waals surface area (Å²) in [5.41, 5.74) is 6.88. The number of thioether (sulfide) groups is 1. The Hall–Kier alpha value is -3.18. The molecule has 0 fully saturated rings. The molecular weight excluding hydrogens is 522 g/mol. The Bertz CT molecular complexity index is 1250. The molecule has 0 radical (unpaired) electrons. The number of carbonyl (C=O) groups is 3. The third kappa shape index (κ3) is 8.98. The van der Waals surface area contributed by atoms with E-state index in [9.17, 15) is 14.4 Å². The number of hydrogen-bond donors (Lipinski definition) is 3. The van der Waals surface area contributed by atoms with Gasteiger partial charge in [0.2, 0.25) is 23.6 Å². The fourth-order valence-electron chi connectivity index (χ4n) is 3.79. The Labute approximate surface area is 231 Å². The zero-order valence-corrected chi connectivity index (χ0v) is 23.8. The van der Waals surface area contributed by atoms with E-state index < -0.39 is 11.8 Å². The molecule has 3 amide bonds. The number of nitrogens with zero attached hydrogens (tertiary/aromatic N) is 2. The van der Waals surface area contributed by atoms with Gasteiger partial charge in [0, 0.05) is 24.4 Å². The van der Waals surface area contributed by atoms with Crippen LogP contribution in [0.15, 0.2) is 45.3 Å². The van der Waals surface area contributed by atoms with E-state index in [0.29, 0.717) is 47.3 Å². The van der Waals surface area contributed by atoms with Gasteiger partial charge < -0.3 is 20.8 Å². The first-order valence-electron chi connectivity index (χ1n) is 12.5. The lowest BCUT2D eigenvalue weighted by atomic mass is 9.91. The molecule has 2 heterocycles. The van der Waals surface area contributed by atoms with Crippen LogP contribution in [0.3, 0.4) is 0 Å². The summed E-state index contributed by atoms with van der Waals surface area (Å²) in [6.07, 6.45) is 6.59. The lowest BCUT2D eigenvalue weighted by molar-refractivity contribution is -0.120. The quantitative estimate of drug-likeness (QED) is 0.177. The van der Waals surface area contributed by atoms with Crippen molar-refractivity contribution in [2.75, 3.05) is 10.6 Å². The van der Waals surface area contributed by atoms with Gasteiger partial charge in [0.05, 0.1) is 28.3 Å². The van der Waals surface area contributed by atoms with E-state index in [4.69, 9.17) is 10.2 Å². The number of unbranched alkanes of at least 4 members (excludes halogenated alkanes) is 2. The fraction of sp³-hybridized carbons (Fsp3) is 0.444. The molecule has 204 valence electrons. The maximum atomic E-state index is 12.4. The zero-order valence-electron chi connectivity index (χ0n) is 22.2. The number of anilines is 2. The SMILES string of the molecule is CC(=O)Nc1ccccc1C(CCCCCC(=O)Nc1ncc(SCc2ncc(C(C)(C)C)o2)s1)C(N)=O. The van der Waals surface area contributed by atoms with E-state index in [1.165, 1.54) is 18.3 Å². The van der Waals surface area contributed by atoms with Crippen LogP contribution in [-0.4, -0.2) is 27.7 Å². The van der Waals surface area contributed by atoms with Crippen molar-refractivity contribution in [2.45, 2.75) is 81.1 Å². The second-order valence-electron chi connectivity index (χ2n) is 10.0. The first kappa shape index (κ1) is 29.4. The van der Waals surface area contributed by atoms with Crippen molar-refractivity contribution < 1.29 is 18.8 Å². The van der Waals surface area contributed by atoms with Gasteiger partial charge in [0.15, 0.2) is 5.13 Å². The predicted octanol–water partition coefficient (Wildman–Crippen LogP) is 5.84. The van der Waals surface area contributed by atoms with E-state index in [-0.39, 0.29) is 17.2 Å². The zero-order chi connectivity index (χ0) is 27.7. The van der Waals surface area contributed by atoms with Crippen molar-refractivity contribution in [3.63, 3.8) is 0 Å². The molecule has 1 atom stereocenters. The number of rotatable bonds is 13. The van der Waals surface area contributed by atoms with E-state index in [1.54, 1.807) is 36.3 Å². The van der Waals surface area contributed by atoms with Crippen LogP contribution < -0.4 is 16.4 Å². The van der Waals surface area contributed by atoms with Crippen LogP contribution in [0, 0.1) is 0 Å². The molecular formula is C27H35N5O4S2. The monoisotopic (exact) mass is 557 g/mol. The maximum absolute atomic E-state index is 12.4. The van der Waals surface area contributed by atoms with Gasteiger partial charge in [-0.1, -0.05) is 63.1 Å². The number of benzene rings is 1. The molecule has 3 rings (SSSR count). The summed E-state index contributed by atoms with van der Waals surface area (Å²) in [4.78, 5) is 44.6. The van der Waals surface area contributed by atoms with Crippen LogP contribution in [0.1, 0.15) is 82.9 Å². The molecule has 9 nitrogen and oxygen atoms in total. The highest BCUT2D eigenvalue weighted by Gasteiger charge is 2.21. The number of aromatic nitrogens is 2. The molecule has 0 aliphatic carbocycles. The molecule has 0 spiro atoms. The fourth-order valence-corrected chi connectivity index (χ4v) is 5.53. The van der Waals surface area contributed by atoms with E-state index >= 15 is 0 Å². The molecule has 38 heavy (non-hydrogen) atoms. The van der Waals surface area contributed by atoms with Gasteiger partial charge in [0.1, 0.15) is 5.76 Å². The summed E-state index contributed by atoms with van der Waals surface area (Å²) >= 11 is 2.98. The van der Waals surface area contributed by atoms with E-state index in [2.05, 4.69) is 41.4 Å². The van der Waals surface area contributed by atoms with Gasteiger partial charge in [-0.25, -0.2) is 9.97 Å². The van der Waals surface area contributed by atoms with E-state index in [1.807, 2.05) is 12.1 Å². The van der Waals surface area contributed by atoms with Crippen LogP contribution in [0.2, 0.25) is 0 Å². The third-order valence-electron chi connectivity index (χ3n) is 5.75. The van der Waals surface area contributed by atoms with E-state index in [0.717, 1.165) is 22.8 Å². The summed E-state index contributed by atoms with van der Waals surface area (Å²) in [6, 6.07) is 7.19. The van der Waals surface area contributed by atoms with Gasteiger partial charge >= 0.3 is 0 Å². The molecule has 0 bridgehead atoms. The number of oxazole rings is 1. The van der Waals surface area contributed by atoms with Crippen molar-refractivity contribution in [1.29, 1.82) is 0 Å². The lowest BCUT2D eigenvalue weighted by Crippen LogP contribution is -2.23. The smallest absolute Gasteiger partial charge is 0.226 e. The van der Waals surface area contributed by atoms with Gasteiger partial charge in [-0.3, -0.25) is 14.4 Å². The third-order valence-corrected chi connectivity index (χ3v) is 7.84. The molecule has 0 saturated carbocycles. The highest BCUT2D eigenvalue weighted by Crippen LogP contribution is 2.32. The number of nitrogens with one attached hydrogen (secondary N) is 2. The molecule has 0 saturated heterocycles. The lowest BCUT2D eigenvalue weighted by Gasteiger charge is -2.18. The Morgan fingerprint density at radius 3 is 2.53 bits per heavy atom. The minimum absolute atomic E-state index is 0.0827. The topological polar surface area (TPSA) is 140 Å². The second kappa shape index (κ2) is 13.6. The summed E-state index contributed by atoms with van der Waals surface area (Å²) in [5.74, 6) is 0.863. The van der Waals surface area contributed by atoms with Crippen molar-refractivity contribution in [2.24, 2.45) is 5.73 Å². The van der Waals surface area contributed by atoms with Crippen molar-refractivity contribution >= 4 is 51.6 Å². The number of carbonyl (C=O) groups excluding carboxylic acids is 3. The minimum Gasteiger partial charge on any atom is -0.444 e. The first-order chi connectivity index (χ1) is 18.0. The second-order valence-corrected chi connectivity index (χ2v) is 12.3. The number of amides is 3. The van der Waals surface area contributed by atoms with Crippen LogP contribution in [-0.2, 0) is 25.6 Å². The molecule has 0 aliphatic heterocycles. The average molecular weight is 558 g/mol. The Balaban J connectivity index is 1.40. The summed E-state index contributed by atoms with van der Waals surface area (Å²) in [6.45, 7) is 7.66. The largest absolute Gasteiger partial charge is 0.444 e. The predicted molar refractivity (Wildman–Crippen MR) is 151 cm³/mol. The summed E-state index contributed by atoms with van der Waals surface area (Å²) in [5, 5.41) is 6.17. The summed E-state index contributed by atoms with van der Waals surface area (Å²) in [7, 11) is 0. The minimum atomic E-state index is -0.505. The standard InChI is InChI=1S/C27H35N5O4S2/c1-17(33)31-20-12-9-8-10-18(20)19(25(28)35)11-6-5-7-13-22(34)32-26-30-15-24(38-26)37-16-23-29-14-21(36-23)27(2,3)4/h8-10,12,14-15,19H,5-7,11,13,16H2,1-4H3,(H2,28,35)(H,31,33)(H,30,32,34). The number of hydrogen-bond acceptors (Lipinski definition) is 8. The van der Waals surface area contributed by atoms with Crippen LogP contribution in [0.5, 0.6) is 0 Å². The van der Waals surface area contributed by atoms with Gasteiger partial charge in [-0.2, -0.15) is 0 Å². The van der Waals surface area contributed by atoms with Crippen LogP contribution in [0.4, 0.5) is 10.8 Å². The summed E-state index contributed by atoms with van der Waals surface area (Å²) < 4.78 is 6.78. The molecule has 0 aliphatic rings. The van der Waals surface area contributed by atoms with Gasteiger partial charge in [0.25, 0.3) is 0 Å². The number of primary amides is 1. The molecule has 3 aromatic rings. The number of para-hydroxylation sites is 1. The van der Waals surface area contributed by atoms with Crippen LogP contribution in [0.25, 0.3) is 0 Å².